The van der Waals surface area contributed by atoms with Crippen LogP contribution >= 0.6 is 0 Å². The van der Waals surface area contributed by atoms with Gasteiger partial charge in [0.2, 0.25) is 0 Å². The van der Waals surface area contributed by atoms with Crippen LogP contribution in [0.25, 0.3) is 10.9 Å². The van der Waals surface area contributed by atoms with Crippen molar-refractivity contribution < 1.29 is 8.78 Å². The first-order chi connectivity index (χ1) is 9.13. The zero-order chi connectivity index (χ0) is 13.4. The summed E-state index contributed by atoms with van der Waals surface area (Å²) >= 11 is 0. The molecule has 1 heterocycles. The average Bonchev–Trinajstić information content (AvgIpc) is 2.75. The number of hydrogen-bond acceptors (Lipinski definition) is 1. The molecule has 0 amide bonds. The minimum absolute atomic E-state index is 0.135. The molecule has 0 spiro atoms. The number of nitrogens with one attached hydrogen (secondary N) is 1. The lowest BCUT2D eigenvalue weighted by molar-refractivity contribution is 0.603. The Bertz CT molecular complexity index is 747. The normalized spacial score (nSPS) is 10.9. The molecule has 0 fully saturated rings. The van der Waals surface area contributed by atoms with Gasteiger partial charge in [-0.1, -0.05) is 0 Å². The van der Waals surface area contributed by atoms with Crippen molar-refractivity contribution in [2.45, 2.75) is 0 Å². The third-order valence-corrected chi connectivity index (χ3v) is 3.09. The smallest absolute Gasteiger partial charge is 0.146 e. The third kappa shape index (κ3) is 2.17. The lowest BCUT2D eigenvalue weighted by Gasteiger charge is -2.08. The molecule has 2 nitrogen and oxygen atoms in total. The van der Waals surface area contributed by atoms with Crippen molar-refractivity contribution in [1.82, 2.24) is 4.57 Å². The van der Waals surface area contributed by atoms with Crippen LogP contribution in [0, 0.1) is 11.6 Å². The van der Waals surface area contributed by atoms with Crippen molar-refractivity contribution >= 4 is 22.3 Å². The van der Waals surface area contributed by atoms with Gasteiger partial charge in [0.05, 0.1) is 5.69 Å². The van der Waals surface area contributed by atoms with Crippen LogP contribution in [0.4, 0.5) is 20.2 Å². The monoisotopic (exact) mass is 258 g/mol. The quantitative estimate of drug-likeness (QED) is 0.729. The summed E-state index contributed by atoms with van der Waals surface area (Å²) in [5.41, 5.74) is 1.95. The minimum atomic E-state index is -0.477. The maximum absolute atomic E-state index is 13.5. The average molecular weight is 258 g/mol. The maximum Gasteiger partial charge on any atom is 0.146 e. The van der Waals surface area contributed by atoms with E-state index in [0.717, 1.165) is 34.8 Å². The first kappa shape index (κ1) is 11.7. The number of hydrogen-bond donors (Lipinski definition) is 1. The first-order valence-electron chi connectivity index (χ1n) is 5.91. The highest BCUT2D eigenvalue weighted by atomic mass is 19.1. The number of aromatic nitrogens is 1. The highest BCUT2D eigenvalue weighted by Gasteiger charge is 2.05. The van der Waals surface area contributed by atoms with Crippen molar-refractivity contribution in [3.63, 3.8) is 0 Å². The van der Waals surface area contributed by atoms with Crippen LogP contribution in [0.15, 0.2) is 48.7 Å². The second-order valence-corrected chi connectivity index (χ2v) is 4.45. The lowest BCUT2D eigenvalue weighted by atomic mass is 10.2. The molecule has 3 rings (SSSR count). The van der Waals surface area contributed by atoms with Gasteiger partial charge in [-0.2, -0.15) is 0 Å². The van der Waals surface area contributed by atoms with Crippen molar-refractivity contribution in [1.29, 1.82) is 0 Å². The number of halogens is 2. The molecule has 0 aliphatic rings. The summed E-state index contributed by atoms with van der Waals surface area (Å²) in [7, 11) is 1.96. The van der Waals surface area contributed by atoms with Crippen molar-refractivity contribution in [3.8, 4) is 0 Å². The fraction of sp³-hybridized carbons (Fsp3) is 0.0667. The molecule has 0 aliphatic carbocycles. The zero-order valence-electron chi connectivity index (χ0n) is 10.3. The van der Waals surface area contributed by atoms with E-state index in [1.54, 1.807) is 0 Å². The summed E-state index contributed by atoms with van der Waals surface area (Å²) in [4.78, 5) is 0. The summed E-state index contributed by atoms with van der Waals surface area (Å²) in [6, 6.07) is 11.0. The second kappa shape index (κ2) is 4.39. The molecule has 0 atom stereocenters. The minimum Gasteiger partial charge on any atom is -0.353 e. The van der Waals surface area contributed by atoms with Gasteiger partial charge in [0.1, 0.15) is 11.6 Å². The molecular weight excluding hydrogens is 246 g/mol. The highest BCUT2D eigenvalue weighted by molar-refractivity contribution is 5.84. The summed E-state index contributed by atoms with van der Waals surface area (Å²) in [5, 5.41) is 3.94. The summed E-state index contributed by atoms with van der Waals surface area (Å²) < 4.78 is 28.6. The van der Waals surface area contributed by atoms with Gasteiger partial charge in [0.25, 0.3) is 0 Å². The third-order valence-electron chi connectivity index (χ3n) is 3.09. The van der Waals surface area contributed by atoms with E-state index in [1.807, 2.05) is 42.1 Å². The molecule has 1 aromatic heterocycles. The molecule has 1 N–H and O–H groups in total. The van der Waals surface area contributed by atoms with Gasteiger partial charge >= 0.3 is 0 Å². The standard InChI is InChI=1S/C15H12F2N2/c1-19-7-6-10-8-12(3-5-15(10)19)18-14-9-11(16)2-4-13(14)17/h2-9,18H,1H3. The fourth-order valence-corrected chi connectivity index (χ4v) is 2.11. The Morgan fingerprint density at radius 3 is 2.68 bits per heavy atom. The zero-order valence-corrected chi connectivity index (χ0v) is 10.3. The summed E-state index contributed by atoms with van der Waals surface area (Å²) in [5.74, 6) is -0.945. The van der Waals surface area contributed by atoms with Crippen LogP contribution in [0.5, 0.6) is 0 Å². The van der Waals surface area contributed by atoms with Crippen molar-refractivity contribution in [2.24, 2.45) is 7.05 Å². The topological polar surface area (TPSA) is 17.0 Å². The van der Waals surface area contributed by atoms with Crippen LogP contribution in [0.2, 0.25) is 0 Å². The molecule has 0 saturated carbocycles. The Morgan fingerprint density at radius 2 is 1.84 bits per heavy atom. The Kier molecular flexibility index (Phi) is 2.71. The van der Waals surface area contributed by atoms with E-state index < -0.39 is 11.6 Å². The number of benzene rings is 2. The van der Waals surface area contributed by atoms with Crippen molar-refractivity contribution in [2.75, 3.05) is 5.32 Å². The largest absolute Gasteiger partial charge is 0.353 e. The summed E-state index contributed by atoms with van der Waals surface area (Å²) in [6.45, 7) is 0. The van der Waals surface area contributed by atoms with Gasteiger partial charge in [0.15, 0.2) is 0 Å². The van der Waals surface area contributed by atoms with Crippen LogP contribution < -0.4 is 5.32 Å². The number of rotatable bonds is 2. The van der Waals surface area contributed by atoms with E-state index in [2.05, 4.69) is 5.32 Å². The van der Waals surface area contributed by atoms with Crippen LogP contribution in [-0.2, 0) is 7.05 Å². The Morgan fingerprint density at radius 1 is 1.00 bits per heavy atom. The first-order valence-corrected chi connectivity index (χ1v) is 5.91. The number of aryl methyl sites for hydroxylation is 1. The molecule has 19 heavy (non-hydrogen) atoms. The number of anilines is 2. The Hall–Kier alpha value is -2.36. The second-order valence-electron chi connectivity index (χ2n) is 4.45. The van der Waals surface area contributed by atoms with Gasteiger partial charge < -0.3 is 9.88 Å². The van der Waals surface area contributed by atoms with Gasteiger partial charge in [-0.05, 0) is 36.4 Å². The van der Waals surface area contributed by atoms with E-state index in [-0.39, 0.29) is 5.69 Å². The van der Waals surface area contributed by atoms with Gasteiger partial charge in [-0.3, -0.25) is 0 Å². The number of nitrogens with zero attached hydrogens (tertiary/aromatic N) is 1. The van der Waals surface area contributed by atoms with E-state index in [0.29, 0.717) is 0 Å². The predicted molar refractivity (Wildman–Crippen MR) is 72.6 cm³/mol. The predicted octanol–water partition coefficient (Wildman–Crippen LogP) is 4.20. The van der Waals surface area contributed by atoms with Crippen LogP contribution in [-0.4, -0.2) is 4.57 Å². The molecule has 2 aromatic carbocycles. The van der Waals surface area contributed by atoms with Gasteiger partial charge in [-0.25, -0.2) is 8.78 Å². The number of fused-ring (bicyclic) bond motifs is 1. The van der Waals surface area contributed by atoms with E-state index in [9.17, 15) is 8.78 Å². The highest BCUT2D eigenvalue weighted by Crippen LogP contribution is 2.24. The Labute approximate surface area is 109 Å². The summed E-state index contributed by atoms with van der Waals surface area (Å²) in [6.07, 6.45) is 1.96. The van der Waals surface area contributed by atoms with Crippen LogP contribution in [0.3, 0.4) is 0 Å². The molecule has 0 bridgehead atoms. The molecule has 96 valence electrons. The van der Waals surface area contributed by atoms with E-state index in [4.69, 9.17) is 0 Å². The van der Waals surface area contributed by atoms with E-state index in [1.165, 1.54) is 0 Å². The molecule has 0 saturated heterocycles. The van der Waals surface area contributed by atoms with Crippen LogP contribution in [0.1, 0.15) is 0 Å². The molecule has 0 unspecified atom stereocenters. The van der Waals surface area contributed by atoms with Gasteiger partial charge in [0, 0.05) is 35.9 Å². The molecule has 0 aliphatic heterocycles. The molecule has 3 aromatic rings. The van der Waals surface area contributed by atoms with Gasteiger partial charge in [-0.15, -0.1) is 0 Å². The SMILES string of the molecule is Cn1ccc2cc(Nc3cc(F)ccc3F)ccc21. The molecule has 0 radical (unpaired) electrons. The van der Waals surface area contributed by atoms with E-state index >= 15 is 0 Å². The maximum atomic E-state index is 13.5. The fourth-order valence-electron chi connectivity index (χ4n) is 2.11. The lowest BCUT2D eigenvalue weighted by Crippen LogP contribution is -1.94. The Balaban J connectivity index is 1.98. The molecular formula is C15H12F2N2. The molecule has 4 heteroatoms. The van der Waals surface area contributed by atoms with Crippen molar-refractivity contribution in [3.05, 3.63) is 60.3 Å².